The van der Waals surface area contributed by atoms with Gasteiger partial charge in [-0.2, -0.15) is 0 Å². The van der Waals surface area contributed by atoms with E-state index in [2.05, 4.69) is 0 Å². The Labute approximate surface area is 171 Å². The van der Waals surface area contributed by atoms with Crippen LogP contribution in [-0.4, -0.2) is 15.2 Å². The molecular formula is C22H15NO6S. The van der Waals surface area contributed by atoms with Gasteiger partial charge in [0, 0.05) is 5.56 Å². The van der Waals surface area contributed by atoms with E-state index in [0.717, 1.165) is 0 Å². The Morgan fingerprint density at radius 1 is 0.833 bits per heavy atom. The van der Waals surface area contributed by atoms with Crippen LogP contribution in [0.4, 0.5) is 0 Å². The zero-order valence-electron chi connectivity index (χ0n) is 15.5. The number of hydrogen-bond acceptors (Lipinski definition) is 6. The molecule has 0 radical (unpaired) electrons. The molecule has 0 aliphatic carbocycles. The number of hydrogen-bond donors (Lipinski definition) is 1. The molecule has 0 fully saturated rings. The molecule has 0 saturated carbocycles. The predicted octanol–water partition coefficient (Wildman–Crippen LogP) is 3.50. The largest absolute Gasteiger partial charge is 0.455 e. The molecule has 0 unspecified atom stereocenters. The molecule has 0 bridgehead atoms. The molecule has 7 nitrogen and oxygen atoms in total. The van der Waals surface area contributed by atoms with Crippen molar-refractivity contribution in [2.75, 3.05) is 6.79 Å². The van der Waals surface area contributed by atoms with Gasteiger partial charge in [0.2, 0.25) is 22.2 Å². The molecule has 0 saturated heterocycles. The number of sulfonamides is 1. The zero-order valence-corrected chi connectivity index (χ0v) is 16.3. The molecule has 0 atom stereocenters. The maximum atomic E-state index is 13.4. The van der Waals surface area contributed by atoms with Crippen molar-refractivity contribution < 1.29 is 22.3 Å². The predicted molar refractivity (Wildman–Crippen MR) is 111 cm³/mol. The van der Waals surface area contributed by atoms with E-state index in [1.807, 2.05) is 0 Å². The maximum Gasteiger partial charge on any atom is 0.238 e. The third-order valence-corrected chi connectivity index (χ3v) is 5.83. The van der Waals surface area contributed by atoms with Crippen LogP contribution in [0.1, 0.15) is 0 Å². The summed E-state index contributed by atoms with van der Waals surface area (Å²) in [5.41, 5.74) is 1.70. The maximum absolute atomic E-state index is 13.4. The van der Waals surface area contributed by atoms with E-state index in [1.54, 1.807) is 54.6 Å². The van der Waals surface area contributed by atoms with Crippen LogP contribution in [0.15, 0.2) is 80.8 Å². The number of benzene rings is 3. The van der Waals surface area contributed by atoms with E-state index in [9.17, 15) is 13.2 Å². The summed E-state index contributed by atoms with van der Waals surface area (Å²) >= 11 is 0. The summed E-state index contributed by atoms with van der Waals surface area (Å²) < 4.78 is 40.1. The fourth-order valence-electron chi connectivity index (χ4n) is 3.46. The van der Waals surface area contributed by atoms with Crippen molar-refractivity contribution in [3.63, 3.8) is 0 Å². The molecule has 4 aromatic rings. The average Bonchev–Trinajstić information content (AvgIpc) is 3.21. The van der Waals surface area contributed by atoms with Gasteiger partial charge in [0.05, 0.1) is 15.8 Å². The molecular weight excluding hydrogens is 406 g/mol. The van der Waals surface area contributed by atoms with Gasteiger partial charge < -0.3 is 13.9 Å². The van der Waals surface area contributed by atoms with E-state index < -0.39 is 10.0 Å². The number of primary sulfonamides is 1. The number of para-hydroxylation sites is 1. The standard InChI is InChI=1S/C22H15NO6S/c23-30(25,26)15-8-5-13(6-9-15)22-20(14-7-10-18-19(11-14)28-12-27-18)21(24)16-3-1-2-4-17(16)29-22/h1-11H,12H2,(H2,23,25,26). The van der Waals surface area contributed by atoms with Crippen LogP contribution in [0.3, 0.4) is 0 Å². The fourth-order valence-corrected chi connectivity index (χ4v) is 3.97. The summed E-state index contributed by atoms with van der Waals surface area (Å²) in [4.78, 5) is 13.4. The molecule has 1 aliphatic heterocycles. The van der Waals surface area contributed by atoms with Crippen LogP contribution in [-0.2, 0) is 10.0 Å². The van der Waals surface area contributed by atoms with Gasteiger partial charge in [-0.1, -0.05) is 18.2 Å². The zero-order chi connectivity index (χ0) is 20.9. The monoisotopic (exact) mass is 421 g/mol. The Bertz CT molecular complexity index is 1460. The molecule has 3 aromatic carbocycles. The second kappa shape index (κ2) is 6.72. The lowest BCUT2D eigenvalue weighted by Gasteiger charge is -2.11. The van der Waals surface area contributed by atoms with Crippen molar-refractivity contribution in [1.29, 1.82) is 0 Å². The third kappa shape index (κ3) is 3.02. The molecule has 8 heteroatoms. The van der Waals surface area contributed by atoms with Crippen molar-refractivity contribution in [2.45, 2.75) is 4.90 Å². The van der Waals surface area contributed by atoms with Gasteiger partial charge in [-0.15, -0.1) is 0 Å². The lowest BCUT2D eigenvalue weighted by atomic mass is 9.98. The summed E-state index contributed by atoms with van der Waals surface area (Å²) in [6.07, 6.45) is 0. The smallest absolute Gasteiger partial charge is 0.238 e. The molecule has 0 amide bonds. The van der Waals surface area contributed by atoms with Gasteiger partial charge in [-0.3, -0.25) is 4.79 Å². The normalized spacial score (nSPS) is 13.0. The second-order valence-corrected chi connectivity index (χ2v) is 8.33. The molecule has 2 N–H and O–H groups in total. The highest BCUT2D eigenvalue weighted by atomic mass is 32.2. The summed E-state index contributed by atoms with van der Waals surface area (Å²) in [5.74, 6) is 1.46. The van der Waals surface area contributed by atoms with Gasteiger partial charge in [0.15, 0.2) is 11.5 Å². The minimum absolute atomic E-state index is 0.0287. The Hall–Kier alpha value is -3.62. The minimum Gasteiger partial charge on any atom is -0.455 e. The first-order chi connectivity index (χ1) is 14.4. The van der Waals surface area contributed by atoms with E-state index in [0.29, 0.717) is 44.9 Å². The van der Waals surface area contributed by atoms with E-state index in [1.165, 1.54) is 12.1 Å². The van der Waals surface area contributed by atoms with Crippen molar-refractivity contribution in [2.24, 2.45) is 5.14 Å². The van der Waals surface area contributed by atoms with Crippen LogP contribution in [0.25, 0.3) is 33.4 Å². The number of fused-ring (bicyclic) bond motifs is 2. The summed E-state index contributed by atoms with van der Waals surface area (Å²) in [7, 11) is -3.84. The van der Waals surface area contributed by atoms with Crippen LogP contribution >= 0.6 is 0 Å². The quantitative estimate of drug-likeness (QED) is 0.542. The second-order valence-electron chi connectivity index (χ2n) is 6.77. The van der Waals surface area contributed by atoms with Crippen LogP contribution < -0.4 is 20.0 Å². The Morgan fingerprint density at radius 2 is 1.53 bits per heavy atom. The molecule has 1 aromatic heterocycles. The lowest BCUT2D eigenvalue weighted by Crippen LogP contribution is -2.12. The van der Waals surface area contributed by atoms with Crippen molar-refractivity contribution in [1.82, 2.24) is 0 Å². The summed E-state index contributed by atoms with van der Waals surface area (Å²) in [6, 6.07) is 18.1. The van der Waals surface area contributed by atoms with Gasteiger partial charge in [0.25, 0.3) is 0 Å². The topological polar surface area (TPSA) is 109 Å². The molecule has 1 aliphatic rings. The summed E-state index contributed by atoms with van der Waals surface area (Å²) in [5, 5.41) is 5.63. The third-order valence-electron chi connectivity index (χ3n) is 4.90. The first kappa shape index (κ1) is 18.4. The van der Waals surface area contributed by atoms with Crippen molar-refractivity contribution in [3.8, 4) is 33.9 Å². The van der Waals surface area contributed by atoms with Crippen molar-refractivity contribution >= 4 is 21.0 Å². The van der Waals surface area contributed by atoms with Crippen LogP contribution in [0.5, 0.6) is 11.5 Å². The fraction of sp³-hybridized carbons (Fsp3) is 0.0455. The molecule has 30 heavy (non-hydrogen) atoms. The van der Waals surface area contributed by atoms with Crippen molar-refractivity contribution in [3.05, 3.63) is 77.0 Å². The number of nitrogens with two attached hydrogens (primary N) is 1. The van der Waals surface area contributed by atoms with E-state index >= 15 is 0 Å². The van der Waals surface area contributed by atoms with Gasteiger partial charge >= 0.3 is 0 Å². The Morgan fingerprint density at radius 3 is 2.30 bits per heavy atom. The highest BCUT2D eigenvalue weighted by molar-refractivity contribution is 7.89. The lowest BCUT2D eigenvalue weighted by molar-refractivity contribution is 0.174. The van der Waals surface area contributed by atoms with Gasteiger partial charge in [0.1, 0.15) is 11.3 Å². The number of rotatable bonds is 3. The molecule has 0 spiro atoms. The van der Waals surface area contributed by atoms with Gasteiger partial charge in [-0.05, 0) is 54.1 Å². The molecule has 150 valence electrons. The molecule has 2 heterocycles. The highest BCUT2D eigenvalue weighted by Crippen LogP contribution is 2.39. The average molecular weight is 421 g/mol. The van der Waals surface area contributed by atoms with E-state index in [-0.39, 0.29) is 17.1 Å². The summed E-state index contributed by atoms with van der Waals surface area (Å²) in [6.45, 7) is 0.118. The highest BCUT2D eigenvalue weighted by Gasteiger charge is 2.21. The minimum atomic E-state index is -3.84. The first-order valence-electron chi connectivity index (χ1n) is 9.01. The van der Waals surface area contributed by atoms with Gasteiger partial charge in [-0.25, -0.2) is 13.6 Å². The van der Waals surface area contributed by atoms with E-state index in [4.69, 9.17) is 19.0 Å². The SMILES string of the molecule is NS(=O)(=O)c1ccc(-c2oc3ccccc3c(=O)c2-c2ccc3c(c2)OCO3)cc1. The van der Waals surface area contributed by atoms with Crippen LogP contribution in [0, 0.1) is 0 Å². The molecule has 5 rings (SSSR count). The number of ether oxygens (including phenoxy) is 2. The van der Waals surface area contributed by atoms with Crippen LogP contribution in [0.2, 0.25) is 0 Å². The first-order valence-corrected chi connectivity index (χ1v) is 10.6. The Kier molecular flexibility index (Phi) is 4.12. The Balaban J connectivity index is 1.79.